The maximum Gasteiger partial charge on any atom is 0.290 e. The second kappa shape index (κ2) is 10.9. The molecule has 6 heterocycles. The summed E-state index contributed by atoms with van der Waals surface area (Å²) in [5, 5.41) is 0. The van der Waals surface area contributed by atoms with Crippen LogP contribution in [0.1, 0.15) is 0 Å². The predicted octanol–water partition coefficient (Wildman–Crippen LogP) is -4.76. The lowest BCUT2D eigenvalue weighted by molar-refractivity contribution is -0.432. The van der Waals surface area contributed by atoms with Crippen LogP contribution in [0.4, 0.5) is 17.5 Å². The maximum atomic E-state index is 8.55. The fraction of sp³-hybridized carbons (Fsp3) is 0. The minimum absolute atomic E-state index is 0.464. The van der Waals surface area contributed by atoms with E-state index in [4.69, 9.17) is 36.4 Å². The van der Waals surface area contributed by atoms with Crippen LogP contribution in [0.15, 0.2) is 38.0 Å². The number of nitrogens with one attached hydrogen (secondary N) is 6. The molecule has 20 heteroatoms. The quantitative estimate of drug-likeness (QED) is 0.106. The van der Waals surface area contributed by atoms with Crippen LogP contribution in [0.2, 0.25) is 0 Å². The molecular formula is C15H18N15O4P. The van der Waals surface area contributed by atoms with Crippen molar-refractivity contribution in [2.75, 3.05) is 17.2 Å². The number of rotatable bonds is 0. The number of anilines is 3. The molecule has 6 aromatic heterocycles. The molecule has 0 atom stereocenters. The summed E-state index contributed by atoms with van der Waals surface area (Å²) in [5.74, 6) is 1.39. The molecule has 0 aromatic carbocycles. The van der Waals surface area contributed by atoms with Gasteiger partial charge in [0.25, 0.3) is 16.9 Å². The first-order valence-corrected chi connectivity index (χ1v) is 10.7. The standard InChI is InChI=1S/3C5H5N5.H3O4P/c3*6-4-3-5(9-1-7-3)10-2-8-4;1-5(2,3)4/h3*1-2H,(H3,6,7,8,9,10);(H3,1,2,3,4). The molecule has 0 bridgehead atoms. The Morgan fingerprint density at radius 1 is 0.600 bits per heavy atom. The highest BCUT2D eigenvalue weighted by molar-refractivity contribution is 7.40. The first kappa shape index (κ1) is 24.8. The van der Waals surface area contributed by atoms with Crippen molar-refractivity contribution in [3.63, 3.8) is 0 Å². The highest BCUT2D eigenvalue weighted by atomic mass is 31.2. The van der Waals surface area contributed by atoms with Crippen molar-refractivity contribution in [1.82, 2.24) is 44.9 Å². The molecule has 0 radical (unpaired) electrons. The van der Waals surface area contributed by atoms with Crippen molar-refractivity contribution in [2.45, 2.75) is 0 Å². The molecular weight excluding hydrogens is 485 g/mol. The lowest BCUT2D eigenvalue weighted by Gasteiger charge is -2.36. The smallest absolute Gasteiger partial charge is 0.290 e. The zero-order valence-corrected chi connectivity index (χ0v) is 18.4. The Morgan fingerprint density at radius 3 is 1.09 bits per heavy atom. The Morgan fingerprint density at radius 2 is 0.857 bits per heavy atom. The van der Waals surface area contributed by atoms with Crippen LogP contribution in [-0.4, -0.2) is 44.9 Å². The number of hydrogen-bond donors (Lipinski definition) is 6. The SMILES string of the molecule is Nc1nc[nH+]c2nc[nH]c12.Nc1nc[nH+]c2nc[nH]c12.Nc1nc[nH+]c2nc[nH]c12.O=P([O-])([O-])[O-]. The molecule has 0 fully saturated rings. The first-order chi connectivity index (χ1) is 16.6. The van der Waals surface area contributed by atoms with Crippen molar-refractivity contribution >= 4 is 58.8 Å². The summed E-state index contributed by atoms with van der Waals surface area (Å²) in [6.45, 7) is 0. The van der Waals surface area contributed by atoms with Gasteiger partial charge in [-0.3, -0.25) is 0 Å². The molecule has 182 valence electrons. The first-order valence-electron chi connectivity index (χ1n) is 9.22. The van der Waals surface area contributed by atoms with Crippen LogP contribution < -0.4 is 46.8 Å². The van der Waals surface area contributed by atoms with Crippen molar-refractivity contribution in [2.24, 2.45) is 0 Å². The minimum atomic E-state index is -5.39. The van der Waals surface area contributed by atoms with Gasteiger partial charge in [0.2, 0.25) is 36.4 Å². The average molecular weight is 503 g/mol. The van der Waals surface area contributed by atoms with Crippen LogP contribution in [-0.2, 0) is 4.57 Å². The van der Waals surface area contributed by atoms with E-state index in [2.05, 4.69) is 59.8 Å². The summed E-state index contributed by atoms with van der Waals surface area (Å²) in [6, 6.07) is 0. The number of imidazole rings is 3. The number of H-pyrrole nitrogens is 6. The molecule has 19 nitrogen and oxygen atoms in total. The number of hydrogen-bond acceptors (Lipinski definition) is 13. The fourth-order valence-corrected chi connectivity index (χ4v) is 2.48. The van der Waals surface area contributed by atoms with E-state index in [1.807, 2.05) is 0 Å². The van der Waals surface area contributed by atoms with Crippen LogP contribution in [0.3, 0.4) is 0 Å². The molecule has 12 N–H and O–H groups in total. The fourth-order valence-electron chi connectivity index (χ4n) is 2.48. The molecule has 6 aromatic rings. The average Bonchev–Trinajstić information content (AvgIpc) is 3.55. The Balaban J connectivity index is 0.000000134. The molecule has 0 aliphatic heterocycles. The van der Waals surface area contributed by atoms with Gasteiger partial charge in [-0.25, -0.2) is 15.0 Å². The molecule has 0 saturated carbocycles. The highest BCUT2D eigenvalue weighted by Gasteiger charge is 2.08. The maximum absolute atomic E-state index is 8.55. The van der Waals surface area contributed by atoms with Crippen molar-refractivity contribution in [3.8, 4) is 0 Å². The number of nitrogens with two attached hydrogens (primary N) is 3. The second-order valence-corrected chi connectivity index (χ2v) is 7.08. The van der Waals surface area contributed by atoms with Gasteiger partial charge in [-0.05, 0) is 0 Å². The Kier molecular flexibility index (Phi) is 7.69. The Bertz CT molecular complexity index is 1400. The van der Waals surface area contributed by atoms with Crippen LogP contribution in [0.25, 0.3) is 33.5 Å². The molecule has 0 spiro atoms. The monoisotopic (exact) mass is 503 g/mol. The minimum Gasteiger partial charge on any atom is -0.822 e. The zero-order valence-electron chi connectivity index (χ0n) is 17.5. The number of phosphoric acid groups is 1. The molecule has 0 unspecified atom stereocenters. The summed E-state index contributed by atoms with van der Waals surface area (Å²) in [7, 11) is -5.39. The molecule has 0 aliphatic carbocycles. The Hall–Kier alpha value is -4.84. The summed E-state index contributed by atoms with van der Waals surface area (Å²) >= 11 is 0. The van der Waals surface area contributed by atoms with Gasteiger partial charge in [-0.15, -0.1) is 0 Å². The highest BCUT2D eigenvalue weighted by Crippen LogP contribution is 2.08. The molecule has 0 saturated heterocycles. The van der Waals surface area contributed by atoms with E-state index < -0.39 is 7.82 Å². The van der Waals surface area contributed by atoms with Gasteiger partial charge in [0.05, 0.1) is 0 Å². The number of aromatic amines is 6. The molecule has 35 heavy (non-hydrogen) atoms. The van der Waals surface area contributed by atoms with Gasteiger partial charge >= 0.3 is 0 Å². The summed E-state index contributed by atoms with van der Waals surface area (Å²) in [4.78, 5) is 66.1. The van der Waals surface area contributed by atoms with E-state index in [0.29, 0.717) is 17.5 Å². The molecule has 6 rings (SSSR count). The van der Waals surface area contributed by atoms with Gasteiger partial charge in [-0.2, -0.15) is 7.82 Å². The lowest BCUT2D eigenvalue weighted by Crippen LogP contribution is -2.24. The third-order valence-electron chi connectivity index (χ3n) is 3.90. The van der Waals surface area contributed by atoms with Crippen molar-refractivity contribution in [1.29, 1.82) is 0 Å². The van der Waals surface area contributed by atoms with Gasteiger partial charge in [0.15, 0.2) is 35.5 Å². The van der Waals surface area contributed by atoms with Gasteiger partial charge in [-0.1, -0.05) is 29.9 Å². The zero-order chi connectivity index (χ0) is 25.4. The summed E-state index contributed by atoms with van der Waals surface area (Å²) in [5.41, 5.74) is 20.9. The molecule has 0 aliphatic rings. The topological polar surface area (TPSA) is 331 Å². The number of fused-ring (bicyclic) bond motifs is 3. The van der Waals surface area contributed by atoms with Crippen molar-refractivity contribution < 1.29 is 34.2 Å². The summed E-state index contributed by atoms with van der Waals surface area (Å²) in [6.07, 6.45) is 9.24. The van der Waals surface area contributed by atoms with E-state index in [1.165, 1.54) is 19.0 Å². The van der Waals surface area contributed by atoms with E-state index in [-0.39, 0.29) is 0 Å². The molecule has 0 amide bonds. The number of nitrogen functional groups attached to an aromatic ring is 3. The third kappa shape index (κ3) is 7.07. The van der Waals surface area contributed by atoms with E-state index >= 15 is 0 Å². The largest absolute Gasteiger partial charge is 0.822 e. The van der Waals surface area contributed by atoms with Gasteiger partial charge < -0.3 is 51.4 Å². The van der Waals surface area contributed by atoms with Gasteiger partial charge in [0.1, 0.15) is 0 Å². The predicted molar refractivity (Wildman–Crippen MR) is 112 cm³/mol. The van der Waals surface area contributed by atoms with Crippen LogP contribution >= 0.6 is 7.82 Å². The van der Waals surface area contributed by atoms with Crippen LogP contribution in [0.5, 0.6) is 0 Å². The van der Waals surface area contributed by atoms with E-state index in [1.54, 1.807) is 19.0 Å². The number of aromatic nitrogens is 12. The van der Waals surface area contributed by atoms with E-state index in [9.17, 15) is 0 Å². The van der Waals surface area contributed by atoms with Crippen LogP contribution in [0, 0.1) is 0 Å². The summed E-state index contributed by atoms with van der Waals surface area (Å²) < 4.78 is 8.55. The Labute approximate surface area is 193 Å². The normalized spacial score (nSPS) is 10.6. The lowest BCUT2D eigenvalue weighted by atomic mass is 10.5. The van der Waals surface area contributed by atoms with Gasteiger partial charge in [0, 0.05) is 0 Å². The second-order valence-electron chi connectivity index (χ2n) is 6.19. The van der Waals surface area contributed by atoms with E-state index in [0.717, 1.165) is 33.5 Å². The third-order valence-corrected chi connectivity index (χ3v) is 3.90. The van der Waals surface area contributed by atoms with Crippen molar-refractivity contribution in [3.05, 3.63) is 38.0 Å². The number of nitrogens with zero attached hydrogens (tertiary/aromatic N) is 6.